The molecule has 0 heterocycles. The average molecular weight is 277 g/mol. The first-order chi connectivity index (χ1) is 7.21. The lowest BCUT2D eigenvalue weighted by Crippen LogP contribution is -2.54. The summed E-state index contributed by atoms with van der Waals surface area (Å²) >= 11 is 3.79. The molecular weight excluding hydrogens is 252 g/mol. The molecule has 0 spiro atoms. The van der Waals surface area contributed by atoms with Crippen LogP contribution in [0.1, 0.15) is 59.3 Å². The first kappa shape index (κ1) is 13.5. The molecule has 0 radical (unpaired) electrons. The van der Waals surface area contributed by atoms with E-state index in [0.717, 1.165) is 6.61 Å². The molecule has 1 aliphatic carbocycles. The summed E-state index contributed by atoms with van der Waals surface area (Å²) in [5, 5.41) is 0. The van der Waals surface area contributed by atoms with Crippen LogP contribution in [0.5, 0.6) is 0 Å². The maximum Gasteiger partial charge on any atom is 0.0652 e. The highest BCUT2D eigenvalue weighted by atomic mass is 79.9. The van der Waals surface area contributed by atoms with E-state index in [-0.39, 0.29) is 0 Å². The maximum atomic E-state index is 6.02. The summed E-state index contributed by atoms with van der Waals surface area (Å²) in [7, 11) is 0. The van der Waals surface area contributed by atoms with Crippen LogP contribution in [0, 0.1) is 5.41 Å². The van der Waals surface area contributed by atoms with Gasteiger partial charge in [-0.05, 0) is 25.7 Å². The molecule has 0 aromatic carbocycles. The van der Waals surface area contributed by atoms with Crippen LogP contribution in [0.3, 0.4) is 0 Å². The summed E-state index contributed by atoms with van der Waals surface area (Å²) in [5.41, 5.74) is 0.423. The topological polar surface area (TPSA) is 9.23 Å². The largest absolute Gasteiger partial charge is 0.378 e. The Balaban J connectivity index is 2.30. The third-order valence-corrected chi connectivity index (χ3v) is 5.36. The van der Waals surface area contributed by atoms with E-state index in [2.05, 4.69) is 36.7 Å². The van der Waals surface area contributed by atoms with Crippen molar-refractivity contribution in [2.75, 3.05) is 6.61 Å². The van der Waals surface area contributed by atoms with Crippen molar-refractivity contribution in [3.63, 3.8) is 0 Å². The van der Waals surface area contributed by atoms with Gasteiger partial charge in [0.1, 0.15) is 0 Å². The first-order valence-corrected chi connectivity index (χ1v) is 7.38. The van der Waals surface area contributed by atoms with Gasteiger partial charge in [-0.3, -0.25) is 0 Å². The second kappa shape index (κ2) is 6.24. The van der Waals surface area contributed by atoms with E-state index < -0.39 is 0 Å². The molecule has 90 valence electrons. The highest BCUT2D eigenvalue weighted by Gasteiger charge is 2.51. The number of alkyl halides is 1. The van der Waals surface area contributed by atoms with Crippen molar-refractivity contribution in [3.8, 4) is 0 Å². The van der Waals surface area contributed by atoms with Crippen LogP contribution in [0.2, 0.25) is 0 Å². The lowest BCUT2D eigenvalue weighted by Gasteiger charge is -2.53. The Morgan fingerprint density at radius 3 is 2.33 bits per heavy atom. The van der Waals surface area contributed by atoms with E-state index >= 15 is 0 Å². The molecule has 15 heavy (non-hydrogen) atoms. The Morgan fingerprint density at radius 2 is 1.87 bits per heavy atom. The lowest BCUT2D eigenvalue weighted by molar-refractivity contribution is -0.108. The minimum atomic E-state index is 0.423. The van der Waals surface area contributed by atoms with Crippen molar-refractivity contribution < 1.29 is 4.74 Å². The summed E-state index contributed by atoms with van der Waals surface area (Å²) in [6, 6.07) is 0. The van der Waals surface area contributed by atoms with Gasteiger partial charge in [0.05, 0.1) is 6.10 Å². The van der Waals surface area contributed by atoms with E-state index in [1.807, 2.05) is 0 Å². The molecular formula is C13H25BrO. The molecule has 2 heteroatoms. The van der Waals surface area contributed by atoms with Gasteiger partial charge in [0, 0.05) is 16.8 Å². The van der Waals surface area contributed by atoms with Crippen LogP contribution < -0.4 is 0 Å². The van der Waals surface area contributed by atoms with Crippen LogP contribution in [0.25, 0.3) is 0 Å². The van der Waals surface area contributed by atoms with Gasteiger partial charge in [-0.1, -0.05) is 49.5 Å². The molecule has 1 nitrogen and oxygen atoms in total. The van der Waals surface area contributed by atoms with Crippen LogP contribution >= 0.6 is 15.9 Å². The molecule has 0 saturated heterocycles. The highest BCUT2D eigenvalue weighted by molar-refractivity contribution is 9.09. The molecule has 1 fully saturated rings. The smallest absolute Gasteiger partial charge is 0.0652 e. The monoisotopic (exact) mass is 276 g/mol. The molecule has 1 saturated carbocycles. The molecule has 0 amide bonds. The van der Waals surface area contributed by atoms with Crippen molar-refractivity contribution in [1.29, 1.82) is 0 Å². The lowest BCUT2D eigenvalue weighted by atomic mass is 9.62. The number of hydrogen-bond acceptors (Lipinski definition) is 1. The molecule has 0 aliphatic heterocycles. The third-order valence-electron chi connectivity index (χ3n) is 4.07. The van der Waals surface area contributed by atoms with E-state index in [0.29, 0.717) is 16.3 Å². The molecule has 1 rings (SSSR count). The van der Waals surface area contributed by atoms with Gasteiger partial charge in [0.2, 0.25) is 0 Å². The fraction of sp³-hybridized carbons (Fsp3) is 1.00. The Hall–Kier alpha value is 0.440. The van der Waals surface area contributed by atoms with Gasteiger partial charge in [-0.25, -0.2) is 0 Å². The number of rotatable bonds is 7. The molecule has 2 unspecified atom stereocenters. The summed E-state index contributed by atoms with van der Waals surface area (Å²) in [5.74, 6) is 0. The summed E-state index contributed by atoms with van der Waals surface area (Å²) in [6.45, 7) is 7.78. The van der Waals surface area contributed by atoms with Gasteiger partial charge >= 0.3 is 0 Å². The quantitative estimate of drug-likeness (QED) is 0.490. The second-order valence-corrected chi connectivity index (χ2v) is 5.82. The first-order valence-electron chi connectivity index (χ1n) is 6.46. The van der Waals surface area contributed by atoms with Gasteiger partial charge in [0.15, 0.2) is 0 Å². The van der Waals surface area contributed by atoms with Gasteiger partial charge in [-0.15, -0.1) is 0 Å². The third kappa shape index (κ3) is 2.76. The number of unbranched alkanes of at least 4 members (excludes halogenated alkanes) is 2. The number of hydrogen-bond donors (Lipinski definition) is 0. The van der Waals surface area contributed by atoms with E-state index in [1.54, 1.807) is 0 Å². The Kier molecular flexibility index (Phi) is 5.62. The second-order valence-electron chi connectivity index (χ2n) is 4.71. The van der Waals surface area contributed by atoms with Gasteiger partial charge in [0.25, 0.3) is 0 Å². The molecule has 1 aliphatic rings. The predicted octanol–water partition coefficient (Wildman–Crippen LogP) is 4.54. The minimum absolute atomic E-state index is 0.423. The minimum Gasteiger partial charge on any atom is -0.378 e. The number of halogens is 1. The van der Waals surface area contributed by atoms with E-state index in [1.165, 1.54) is 38.5 Å². The van der Waals surface area contributed by atoms with Crippen LogP contribution in [-0.4, -0.2) is 17.5 Å². The maximum absolute atomic E-state index is 6.02. The zero-order valence-corrected chi connectivity index (χ0v) is 12.0. The van der Waals surface area contributed by atoms with Crippen LogP contribution in [-0.2, 0) is 4.74 Å². The van der Waals surface area contributed by atoms with Crippen molar-refractivity contribution in [3.05, 3.63) is 0 Å². The molecule has 2 atom stereocenters. The summed E-state index contributed by atoms with van der Waals surface area (Å²) in [4.78, 5) is 0.677. The normalized spacial score (nSPS) is 28.8. The zero-order chi connectivity index (χ0) is 11.3. The van der Waals surface area contributed by atoms with Crippen molar-refractivity contribution in [2.24, 2.45) is 5.41 Å². The Morgan fingerprint density at radius 1 is 1.20 bits per heavy atom. The molecule has 0 N–H and O–H groups in total. The fourth-order valence-electron chi connectivity index (χ4n) is 2.66. The fourth-order valence-corrected chi connectivity index (χ4v) is 3.94. The summed E-state index contributed by atoms with van der Waals surface area (Å²) in [6.07, 6.45) is 7.98. The van der Waals surface area contributed by atoms with Gasteiger partial charge < -0.3 is 4.74 Å². The summed E-state index contributed by atoms with van der Waals surface area (Å²) < 4.78 is 6.02. The zero-order valence-electron chi connectivity index (χ0n) is 10.4. The average Bonchev–Trinajstić information content (AvgIpc) is 2.24. The highest BCUT2D eigenvalue weighted by Crippen LogP contribution is 2.52. The van der Waals surface area contributed by atoms with Crippen molar-refractivity contribution >= 4 is 15.9 Å². The predicted molar refractivity (Wildman–Crippen MR) is 69.6 cm³/mol. The van der Waals surface area contributed by atoms with Crippen LogP contribution in [0.15, 0.2) is 0 Å². The Labute approximate surface area is 103 Å². The Bertz CT molecular complexity index is 177. The molecule has 0 aromatic rings. The van der Waals surface area contributed by atoms with E-state index in [4.69, 9.17) is 4.74 Å². The number of ether oxygens (including phenoxy) is 1. The van der Waals surface area contributed by atoms with Crippen LogP contribution in [0.4, 0.5) is 0 Å². The molecule has 0 aromatic heterocycles. The SMILES string of the molecule is CCCCCOC1CC(Br)C1(CC)CC. The van der Waals surface area contributed by atoms with Crippen molar-refractivity contribution in [2.45, 2.75) is 70.2 Å². The van der Waals surface area contributed by atoms with Crippen molar-refractivity contribution in [1.82, 2.24) is 0 Å². The standard InChI is InChI=1S/C13H25BrO/c1-4-7-8-9-15-12-10-11(14)13(12,5-2)6-3/h11-12H,4-10H2,1-3H3. The molecule has 0 bridgehead atoms. The van der Waals surface area contributed by atoms with E-state index in [9.17, 15) is 0 Å². The van der Waals surface area contributed by atoms with Gasteiger partial charge in [-0.2, -0.15) is 0 Å².